The Balaban J connectivity index is 1.98. The first-order valence-corrected chi connectivity index (χ1v) is 9.29. The minimum atomic E-state index is -3.95. The number of carbonyl (C=O) groups is 2. The van der Waals surface area contributed by atoms with Crippen LogP contribution in [0.4, 0.5) is 10.7 Å². The fourth-order valence-corrected chi connectivity index (χ4v) is 3.44. The number of hydrogen-bond donors (Lipinski definition) is 2. The van der Waals surface area contributed by atoms with Crippen LogP contribution >= 0.6 is 11.3 Å². The standard InChI is InChI=1S/C14H13N3O7S2/c1-8-2-3-9(6-11(8)26(15,22)23)16-12(18)7-24-14(19)10-4-5-13(25-10)17(20)21/h2-6H,7H2,1H3,(H,16,18)(H2,15,22,23). The van der Waals surface area contributed by atoms with Gasteiger partial charge in [0.25, 0.3) is 5.91 Å². The molecule has 2 aromatic rings. The summed E-state index contributed by atoms with van der Waals surface area (Å²) in [6.45, 7) is 0.899. The lowest BCUT2D eigenvalue weighted by Crippen LogP contribution is -2.21. The maximum Gasteiger partial charge on any atom is 0.349 e. The summed E-state index contributed by atoms with van der Waals surface area (Å²) in [7, 11) is -3.95. The van der Waals surface area contributed by atoms with E-state index in [0.717, 1.165) is 6.07 Å². The van der Waals surface area contributed by atoms with Crippen molar-refractivity contribution in [3.05, 3.63) is 50.9 Å². The van der Waals surface area contributed by atoms with E-state index in [1.54, 1.807) is 6.92 Å². The molecule has 0 fully saturated rings. The van der Waals surface area contributed by atoms with Crippen LogP contribution in [0.2, 0.25) is 0 Å². The predicted octanol–water partition coefficient (Wildman–Crippen LogP) is 1.41. The van der Waals surface area contributed by atoms with Gasteiger partial charge in [0.1, 0.15) is 4.88 Å². The monoisotopic (exact) mass is 399 g/mol. The van der Waals surface area contributed by atoms with Gasteiger partial charge >= 0.3 is 11.0 Å². The smallest absolute Gasteiger partial charge is 0.349 e. The highest BCUT2D eigenvalue weighted by Gasteiger charge is 2.18. The Morgan fingerprint density at radius 2 is 2.00 bits per heavy atom. The number of carbonyl (C=O) groups excluding carboxylic acids is 2. The van der Waals surface area contributed by atoms with Crippen LogP contribution in [0.1, 0.15) is 15.2 Å². The van der Waals surface area contributed by atoms with Gasteiger partial charge in [0, 0.05) is 11.8 Å². The van der Waals surface area contributed by atoms with Gasteiger partial charge in [-0.2, -0.15) is 0 Å². The second-order valence-corrected chi connectivity index (χ2v) is 7.64. The summed E-state index contributed by atoms with van der Waals surface area (Å²) in [6.07, 6.45) is 0. The van der Waals surface area contributed by atoms with Crippen molar-refractivity contribution < 1.29 is 27.7 Å². The van der Waals surface area contributed by atoms with Crippen molar-refractivity contribution in [2.45, 2.75) is 11.8 Å². The minimum Gasteiger partial charge on any atom is -0.451 e. The fraction of sp³-hybridized carbons (Fsp3) is 0.143. The van der Waals surface area contributed by atoms with Gasteiger partial charge in [0.15, 0.2) is 6.61 Å². The Hall–Kier alpha value is -2.83. The number of rotatable bonds is 6. The average Bonchev–Trinajstić information content (AvgIpc) is 3.03. The predicted molar refractivity (Wildman–Crippen MR) is 92.4 cm³/mol. The van der Waals surface area contributed by atoms with Gasteiger partial charge in [0.2, 0.25) is 10.0 Å². The molecule has 1 amide bonds. The highest BCUT2D eigenvalue weighted by molar-refractivity contribution is 7.89. The summed E-state index contributed by atoms with van der Waals surface area (Å²) in [4.78, 5) is 33.4. The summed E-state index contributed by atoms with van der Waals surface area (Å²) in [5.41, 5.74) is 0.573. The number of primary sulfonamides is 1. The van der Waals surface area contributed by atoms with Crippen LogP contribution in [0.3, 0.4) is 0 Å². The van der Waals surface area contributed by atoms with E-state index in [9.17, 15) is 28.1 Å². The molecule has 0 spiro atoms. The van der Waals surface area contributed by atoms with E-state index in [-0.39, 0.29) is 20.5 Å². The number of aryl methyl sites for hydroxylation is 1. The third kappa shape index (κ3) is 4.84. The van der Waals surface area contributed by atoms with Crippen LogP contribution in [0.5, 0.6) is 0 Å². The minimum absolute atomic E-state index is 0.0173. The molecule has 1 aromatic carbocycles. The zero-order valence-electron chi connectivity index (χ0n) is 13.3. The number of nitro groups is 1. The van der Waals surface area contributed by atoms with Crippen LogP contribution < -0.4 is 10.5 Å². The number of esters is 1. The van der Waals surface area contributed by atoms with Crippen molar-refractivity contribution >= 4 is 43.9 Å². The van der Waals surface area contributed by atoms with Gasteiger partial charge < -0.3 is 10.1 Å². The van der Waals surface area contributed by atoms with E-state index in [4.69, 9.17) is 9.88 Å². The number of thiophene rings is 1. The number of nitrogens with zero attached hydrogens (tertiary/aromatic N) is 1. The number of nitrogens with one attached hydrogen (secondary N) is 1. The molecular weight excluding hydrogens is 386 g/mol. The van der Waals surface area contributed by atoms with Crippen molar-refractivity contribution in [2.75, 3.05) is 11.9 Å². The van der Waals surface area contributed by atoms with E-state index in [0.29, 0.717) is 16.9 Å². The van der Waals surface area contributed by atoms with E-state index >= 15 is 0 Å². The summed E-state index contributed by atoms with van der Waals surface area (Å²) in [5.74, 6) is -1.60. The first kappa shape index (κ1) is 19.5. The van der Waals surface area contributed by atoms with Gasteiger partial charge in [-0.25, -0.2) is 18.4 Å². The molecule has 10 nitrogen and oxygen atoms in total. The molecular formula is C14H13N3O7S2. The normalized spacial score (nSPS) is 11.0. The molecule has 0 radical (unpaired) electrons. The second kappa shape index (κ2) is 7.59. The topological polar surface area (TPSA) is 159 Å². The molecule has 1 heterocycles. The number of hydrogen-bond acceptors (Lipinski definition) is 8. The van der Waals surface area contributed by atoms with E-state index < -0.39 is 33.4 Å². The first-order chi connectivity index (χ1) is 12.1. The second-order valence-electron chi connectivity index (χ2n) is 5.04. The molecule has 0 bridgehead atoms. The van der Waals surface area contributed by atoms with Crippen molar-refractivity contribution in [1.29, 1.82) is 0 Å². The van der Waals surface area contributed by atoms with E-state index in [2.05, 4.69) is 5.32 Å². The molecule has 138 valence electrons. The summed E-state index contributed by atoms with van der Waals surface area (Å²) < 4.78 is 27.7. The maximum atomic E-state index is 11.8. The third-order valence-corrected chi connectivity index (χ3v) is 5.16. The largest absolute Gasteiger partial charge is 0.451 e. The molecule has 0 aliphatic heterocycles. The molecule has 0 saturated heterocycles. The Morgan fingerprint density at radius 1 is 1.31 bits per heavy atom. The van der Waals surface area contributed by atoms with Gasteiger partial charge in [-0.3, -0.25) is 14.9 Å². The molecule has 0 atom stereocenters. The summed E-state index contributed by atoms with van der Waals surface area (Å²) in [5, 5.41) is 17.8. The molecule has 26 heavy (non-hydrogen) atoms. The average molecular weight is 399 g/mol. The SMILES string of the molecule is Cc1ccc(NC(=O)COC(=O)c2ccc([N+](=O)[O-])s2)cc1S(N)(=O)=O. The molecule has 2 rings (SSSR count). The number of amides is 1. The Bertz CT molecular complexity index is 982. The van der Waals surface area contributed by atoms with Crippen LogP contribution in [-0.2, 0) is 19.6 Å². The maximum absolute atomic E-state index is 11.8. The van der Waals surface area contributed by atoms with Crippen LogP contribution in [0.25, 0.3) is 0 Å². The Morgan fingerprint density at radius 3 is 2.58 bits per heavy atom. The number of ether oxygens (including phenoxy) is 1. The Kier molecular flexibility index (Phi) is 5.69. The van der Waals surface area contributed by atoms with E-state index in [1.165, 1.54) is 24.3 Å². The quantitative estimate of drug-likeness (QED) is 0.422. The van der Waals surface area contributed by atoms with Crippen LogP contribution in [-0.4, -0.2) is 31.8 Å². The summed E-state index contributed by atoms with van der Waals surface area (Å²) in [6, 6.07) is 6.50. The zero-order chi connectivity index (χ0) is 19.5. The van der Waals surface area contributed by atoms with E-state index in [1.807, 2.05) is 0 Å². The number of benzene rings is 1. The van der Waals surface area contributed by atoms with Crippen molar-refractivity contribution in [3.8, 4) is 0 Å². The van der Waals surface area contributed by atoms with Crippen molar-refractivity contribution in [2.24, 2.45) is 5.14 Å². The third-order valence-electron chi connectivity index (χ3n) is 3.09. The Labute approximate surface area is 151 Å². The molecule has 1 aromatic heterocycles. The van der Waals surface area contributed by atoms with Gasteiger partial charge in [0.05, 0.1) is 9.82 Å². The molecule has 12 heteroatoms. The zero-order valence-corrected chi connectivity index (χ0v) is 14.9. The van der Waals surface area contributed by atoms with Gasteiger partial charge in [-0.15, -0.1) is 0 Å². The number of nitrogens with two attached hydrogens (primary N) is 1. The molecule has 0 saturated carbocycles. The number of anilines is 1. The number of sulfonamides is 1. The van der Waals surface area contributed by atoms with Crippen molar-refractivity contribution in [3.63, 3.8) is 0 Å². The van der Waals surface area contributed by atoms with Crippen molar-refractivity contribution in [1.82, 2.24) is 0 Å². The first-order valence-electron chi connectivity index (χ1n) is 6.92. The lowest BCUT2D eigenvalue weighted by Gasteiger charge is -2.09. The molecule has 0 unspecified atom stereocenters. The highest BCUT2D eigenvalue weighted by Crippen LogP contribution is 2.24. The molecule has 3 N–H and O–H groups in total. The van der Waals surface area contributed by atoms with Crippen LogP contribution in [0, 0.1) is 17.0 Å². The summed E-state index contributed by atoms with van der Waals surface area (Å²) >= 11 is 0.625. The molecule has 0 aliphatic carbocycles. The van der Waals surface area contributed by atoms with Crippen LogP contribution in [0.15, 0.2) is 35.2 Å². The van der Waals surface area contributed by atoms with Gasteiger partial charge in [-0.05, 0) is 30.7 Å². The van der Waals surface area contributed by atoms with Gasteiger partial charge in [-0.1, -0.05) is 17.4 Å². The highest BCUT2D eigenvalue weighted by atomic mass is 32.2. The lowest BCUT2D eigenvalue weighted by atomic mass is 10.2. The lowest BCUT2D eigenvalue weighted by molar-refractivity contribution is -0.380. The molecule has 0 aliphatic rings. The fourth-order valence-electron chi connectivity index (χ4n) is 1.92.